The number of primary amides is 1. The second kappa shape index (κ2) is 2.77. The summed E-state index contributed by atoms with van der Waals surface area (Å²) in [5.74, 6) is -0.482. The molecule has 1 atom stereocenters. The molecular formula is C8H14N2O2. The van der Waals surface area contributed by atoms with E-state index in [1.807, 2.05) is 0 Å². The van der Waals surface area contributed by atoms with Gasteiger partial charge in [-0.05, 0) is 19.8 Å². The van der Waals surface area contributed by atoms with Gasteiger partial charge in [0.25, 0.3) is 0 Å². The summed E-state index contributed by atoms with van der Waals surface area (Å²) in [5.41, 5.74) is 4.48. The fourth-order valence-corrected chi connectivity index (χ4v) is 1.72. The van der Waals surface area contributed by atoms with Gasteiger partial charge in [-0.1, -0.05) is 0 Å². The maximum Gasteiger partial charge on any atom is 0.243 e. The number of carbonyl (C=O) groups excluding carboxylic acids is 2. The van der Waals surface area contributed by atoms with Crippen LogP contribution in [0.5, 0.6) is 0 Å². The third-order valence-electron chi connectivity index (χ3n) is 2.55. The molecule has 0 radical (unpaired) electrons. The molecule has 0 saturated carbocycles. The lowest BCUT2D eigenvalue weighted by Crippen LogP contribution is -2.53. The van der Waals surface area contributed by atoms with Gasteiger partial charge in [-0.15, -0.1) is 0 Å². The fourth-order valence-electron chi connectivity index (χ4n) is 1.72. The number of hydrogen-bond acceptors (Lipinski definition) is 2. The average Bonchev–Trinajstić information content (AvgIpc) is 2.32. The third-order valence-corrected chi connectivity index (χ3v) is 2.55. The Morgan fingerprint density at radius 1 is 1.50 bits per heavy atom. The minimum absolute atomic E-state index is 0.0752. The van der Waals surface area contributed by atoms with Crippen LogP contribution in [-0.2, 0) is 9.59 Å². The first-order valence-corrected chi connectivity index (χ1v) is 4.06. The Balaban J connectivity index is 2.89. The van der Waals surface area contributed by atoms with Crippen molar-refractivity contribution in [1.82, 2.24) is 4.90 Å². The minimum atomic E-state index is -0.744. The Labute approximate surface area is 71.7 Å². The SMILES string of the molecule is CC(=O)N1CCC[C@@]1(C)C(N)=O. The van der Waals surface area contributed by atoms with E-state index in [9.17, 15) is 9.59 Å². The third kappa shape index (κ3) is 1.17. The molecule has 1 aliphatic rings. The lowest BCUT2D eigenvalue weighted by Gasteiger charge is -2.31. The van der Waals surface area contributed by atoms with Crippen LogP contribution in [-0.4, -0.2) is 28.8 Å². The van der Waals surface area contributed by atoms with Gasteiger partial charge in [0.05, 0.1) is 0 Å². The highest BCUT2D eigenvalue weighted by Gasteiger charge is 2.42. The molecule has 0 aliphatic carbocycles. The summed E-state index contributed by atoms with van der Waals surface area (Å²) in [4.78, 5) is 23.7. The van der Waals surface area contributed by atoms with Gasteiger partial charge in [-0.2, -0.15) is 0 Å². The lowest BCUT2D eigenvalue weighted by atomic mass is 9.98. The summed E-state index contributed by atoms with van der Waals surface area (Å²) in [6.45, 7) is 3.84. The van der Waals surface area contributed by atoms with E-state index in [4.69, 9.17) is 5.73 Å². The summed E-state index contributed by atoms with van der Waals surface area (Å²) in [5, 5.41) is 0. The van der Waals surface area contributed by atoms with E-state index in [0.29, 0.717) is 13.0 Å². The van der Waals surface area contributed by atoms with Gasteiger partial charge in [0.2, 0.25) is 11.8 Å². The molecule has 4 heteroatoms. The van der Waals surface area contributed by atoms with Crippen molar-refractivity contribution in [1.29, 1.82) is 0 Å². The molecule has 1 fully saturated rings. The van der Waals surface area contributed by atoms with Crippen LogP contribution in [0.4, 0.5) is 0 Å². The monoisotopic (exact) mass is 170 g/mol. The number of hydrogen-bond donors (Lipinski definition) is 1. The van der Waals surface area contributed by atoms with Crippen LogP contribution in [0.15, 0.2) is 0 Å². The van der Waals surface area contributed by atoms with Crippen molar-refractivity contribution < 1.29 is 9.59 Å². The Hall–Kier alpha value is -1.06. The van der Waals surface area contributed by atoms with Gasteiger partial charge in [0.15, 0.2) is 0 Å². The van der Waals surface area contributed by atoms with E-state index in [2.05, 4.69) is 0 Å². The Bertz CT molecular complexity index is 227. The molecule has 0 unspecified atom stereocenters. The molecule has 0 aromatic heterocycles. The van der Waals surface area contributed by atoms with E-state index in [0.717, 1.165) is 6.42 Å². The topological polar surface area (TPSA) is 63.4 Å². The molecule has 68 valence electrons. The van der Waals surface area contributed by atoms with E-state index in [1.165, 1.54) is 6.92 Å². The first-order chi connectivity index (χ1) is 5.48. The van der Waals surface area contributed by atoms with Crippen LogP contribution in [0, 0.1) is 0 Å². The molecule has 0 aromatic rings. The smallest absolute Gasteiger partial charge is 0.243 e. The summed E-state index contributed by atoms with van der Waals surface area (Å²) in [7, 11) is 0. The molecule has 1 aliphatic heterocycles. The predicted molar refractivity (Wildman–Crippen MR) is 44.2 cm³/mol. The average molecular weight is 170 g/mol. The normalized spacial score (nSPS) is 29.0. The van der Waals surface area contributed by atoms with Crippen molar-refractivity contribution in [2.75, 3.05) is 6.54 Å². The van der Waals surface area contributed by atoms with Crippen molar-refractivity contribution in [3.05, 3.63) is 0 Å². The number of likely N-dealkylation sites (tertiary alicyclic amines) is 1. The van der Waals surface area contributed by atoms with E-state index in [1.54, 1.807) is 11.8 Å². The number of rotatable bonds is 1. The van der Waals surface area contributed by atoms with Gasteiger partial charge in [-0.25, -0.2) is 0 Å². The first kappa shape index (κ1) is 9.03. The summed E-state index contributed by atoms with van der Waals surface area (Å²) < 4.78 is 0. The van der Waals surface area contributed by atoms with E-state index >= 15 is 0 Å². The number of amides is 2. The molecule has 1 heterocycles. The van der Waals surface area contributed by atoms with Crippen molar-refractivity contribution >= 4 is 11.8 Å². The Kier molecular flexibility index (Phi) is 2.08. The minimum Gasteiger partial charge on any atom is -0.368 e. The predicted octanol–water partition coefficient (Wildman–Crippen LogP) is -0.127. The van der Waals surface area contributed by atoms with Crippen LogP contribution in [0.1, 0.15) is 26.7 Å². The van der Waals surface area contributed by atoms with Gasteiger partial charge in [0, 0.05) is 13.5 Å². The second-order valence-corrected chi connectivity index (χ2v) is 3.41. The zero-order valence-corrected chi connectivity index (χ0v) is 7.46. The van der Waals surface area contributed by atoms with Crippen molar-refractivity contribution in [2.45, 2.75) is 32.2 Å². The van der Waals surface area contributed by atoms with Gasteiger partial charge < -0.3 is 10.6 Å². The zero-order chi connectivity index (χ0) is 9.35. The molecule has 0 bridgehead atoms. The summed E-state index contributed by atoms with van der Waals surface area (Å²) >= 11 is 0. The molecule has 4 nitrogen and oxygen atoms in total. The molecule has 2 amide bonds. The maximum atomic E-state index is 11.1. The lowest BCUT2D eigenvalue weighted by molar-refractivity contribution is -0.140. The Morgan fingerprint density at radius 2 is 2.08 bits per heavy atom. The van der Waals surface area contributed by atoms with Crippen LogP contribution < -0.4 is 5.73 Å². The Morgan fingerprint density at radius 3 is 2.42 bits per heavy atom. The molecule has 0 aromatic carbocycles. The van der Waals surface area contributed by atoms with Gasteiger partial charge >= 0.3 is 0 Å². The molecule has 0 spiro atoms. The second-order valence-electron chi connectivity index (χ2n) is 3.41. The maximum absolute atomic E-state index is 11.1. The first-order valence-electron chi connectivity index (χ1n) is 4.06. The number of nitrogens with zero attached hydrogens (tertiary/aromatic N) is 1. The summed E-state index contributed by atoms with van der Waals surface area (Å²) in [6, 6.07) is 0. The van der Waals surface area contributed by atoms with E-state index in [-0.39, 0.29) is 5.91 Å². The number of carbonyl (C=O) groups is 2. The molecular weight excluding hydrogens is 156 g/mol. The van der Waals surface area contributed by atoms with Crippen molar-refractivity contribution in [3.8, 4) is 0 Å². The molecule has 1 saturated heterocycles. The molecule has 2 N–H and O–H groups in total. The molecule has 1 rings (SSSR count). The van der Waals surface area contributed by atoms with Gasteiger partial charge in [0.1, 0.15) is 5.54 Å². The quantitative estimate of drug-likeness (QED) is 0.596. The largest absolute Gasteiger partial charge is 0.368 e. The van der Waals surface area contributed by atoms with Crippen LogP contribution in [0.3, 0.4) is 0 Å². The number of nitrogens with two attached hydrogens (primary N) is 1. The highest BCUT2D eigenvalue weighted by molar-refractivity contribution is 5.89. The van der Waals surface area contributed by atoms with Crippen LogP contribution >= 0.6 is 0 Å². The van der Waals surface area contributed by atoms with Crippen molar-refractivity contribution in [3.63, 3.8) is 0 Å². The van der Waals surface area contributed by atoms with E-state index < -0.39 is 11.4 Å². The zero-order valence-electron chi connectivity index (χ0n) is 7.46. The highest BCUT2D eigenvalue weighted by Crippen LogP contribution is 2.28. The fraction of sp³-hybridized carbons (Fsp3) is 0.750. The van der Waals surface area contributed by atoms with Gasteiger partial charge in [-0.3, -0.25) is 9.59 Å². The van der Waals surface area contributed by atoms with Crippen molar-refractivity contribution in [2.24, 2.45) is 5.73 Å². The summed E-state index contributed by atoms with van der Waals surface area (Å²) in [6.07, 6.45) is 1.54. The van der Waals surface area contributed by atoms with Crippen LogP contribution in [0.2, 0.25) is 0 Å². The standard InChI is InChI=1S/C8H14N2O2/c1-6(11)10-5-3-4-8(10,2)7(9)12/h3-5H2,1-2H3,(H2,9,12)/t8-/m0/s1. The molecule has 12 heavy (non-hydrogen) atoms. The highest BCUT2D eigenvalue weighted by atomic mass is 16.2. The van der Waals surface area contributed by atoms with Crippen LogP contribution in [0.25, 0.3) is 0 Å².